The van der Waals surface area contributed by atoms with Crippen molar-refractivity contribution in [2.24, 2.45) is 0 Å². The number of hydrogen-bond donors (Lipinski definition) is 2. The first-order valence-corrected chi connectivity index (χ1v) is 7.67. The number of hydrogen-bond acceptors (Lipinski definition) is 3. The second-order valence-electron chi connectivity index (χ2n) is 4.13. The van der Waals surface area contributed by atoms with Crippen LogP contribution < -0.4 is 10.6 Å². The van der Waals surface area contributed by atoms with Crippen LogP contribution in [0, 0.1) is 0 Å². The predicted octanol–water partition coefficient (Wildman–Crippen LogP) is 4.36. The molecular formula is C15H15ClN2OS. The molecule has 0 spiro atoms. The molecule has 3 nitrogen and oxygen atoms in total. The van der Waals surface area contributed by atoms with Gasteiger partial charge in [-0.25, -0.2) is 0 Å². The molecule has 2 rings (SSSR count). The first-order chi connectivity index (χ1) is 9.63. The highest BCUT2D eigenvalue weighted by molar-refractivity contribution is 7.98. The molecule has 2 aromatic rings. The summed E-state index contributed by atoms with van der Waals surface area (Å²) in [5, 5.41) is 6.41. The fourth-order valence-corrected chi connectivity index (χ4v) is 2.45. The lowest BCUT2D eigenvalue weighted by molar-refractivity contribution is 0.102. The zero-order chi connectivity index (χ0) is 14.5. The summed E-state index contributed by atoms with van der Waals surface area (Å²) in [6.45, 7) is 0. The Morgan fingerprint density at radius 1 is 1.20 bits per heavy atom. The molecule has 0 aromatic heterocycles. The molecule has 0 aliphatic rings. The van der Waals surface area contributed by atoms with E-state index < -0.39 is 0 Å². The molecule has 0 aliphatic carbocycles. The van der Waals surface area contributed by atoms with Crippen LogP contribution in [-0.4, -0.2) is 19.2 Å². The maximum absolute atomic E-state index is 12.3. The number of carbonyl (C=O) groups excluding carboxylic acids is 1. The van der Waals surface area contributed by atoms with E-state index in [9.17, 15) is 4.79 Å². The topological polar surface area (TPSA) is 41.1 Å². The van der Waals surface area contributed by atoms with E-state index in [0.29, 0.717) is 10.6 Å². The summed E-state index contributed by atoms with van der Waals surface area (Å²) in [7, 11) is 1.77. The van der Waals surface area contributed by atoms with Crippen LogP contribution in [0.1, 0.15) is 10.4 Å². The zero-order valence-electron chi connectivity index (χ0n) is 11.2. The number of nitrogens with one attached hydrogen (secondary N) is 2. The lowest BCUT2D eigenvalue weighted by Gasteiger charge is -2.11. The van der Waals surface area contributed by atoms with Crippen molar-refractivity contribution in [1.29, 1.82) is 0 Å². The fourth-order valence-electron chi connectivity index (χ4n) is 1.82. The van der Waals surface area contributed by atoms with Gasteiger partial charge in [-0.1, -0.05) is 17.7 Å². The first kappa shape index (κ1) is 14.8. The highest BCUT2D eigenvalue weighted by Gasteiger charge is 2.11. The maximum atomic E-state index is 12.3. The van der Waals surface area contributed by atoms with E-state index in [1.54, 1.807) is 37.0 Å². The van der Waals surface area contributed by atoms with E-state index in [4.69, 9.17) is 11.6 Å². The Hall–Kier alpha value is -1.65. The van der Waals surface area contributed by atoms with E-state index in [1.807, 2.05) is 30.5 Å². The molecule has 0 bridgehead atoms. The number of anilines is 2. The second kappa shape index (κ2) is 6.68. The Morgan fingerprint density at radius 2 is 2.00 bits per heavy atom. The standard InChI is InChI=1S/C15H15ClN2OS/c1-17-14-7-6-10(16)8-13(14)15(19)18-11-4-3-5-12(9-11)20-2/h3-9,17H,1-2H3,(H,18,19). The molecule has 1 amide bonds. The quantitative estimate of drug-likeness (QED) is 0.825. The van der Waals surface area contributed by atoms with Crippen LogP contribution in [0.2, 0.25) is 5.02 Å². The largest absolute Gasteiger partial charge is 0.387 e. The summed E-state index contributed by atoms with van der Waals surface area (Å²) in [5.41, 5.74) is 2.03. The van der Waals surface area contributed by atoms with E-state index in [0.717, 1.165) is 16.3 Å². The van der Waals surface area contributed by atoms with Gasteiger partial charge >= 0.3 is 0 Å². The average Bonchev–Trinajstić information content (AvgIpc) is 2.47. The highest BCUT2D eigenvalue weighted by atomic mass is 35.5. The summed E-state index contributed by atoms with van der Waals surface area (Å²) >= 11 is 7.59. The number of halogens is 1. The molecule has 2 aromatic carbocycles. The minimum atomic E-state index is -0.185. The molecular weight excluding hydrogens is 292 g/mol. The second-order valence-corrected chi connectivity index (χ2v) is 5.44. The highest BCUT2D eigenvalue weighted by Crippen LogP contribution is 2.23. The summed E-state index contributed by atoms with van der Waals surface area (Å²) in [4.78, 5) is 13.4. The van der Waals surface area contributed by atoms with Gasteiger partial charge in [-0.15, -0.1) is 11.8 Å². The number of rotatable bonds is 4. The third-order valence-electron chi connectivity index (χ3n) is 2.82. The van der Waals surface area contributed by atoms with E-state index in [1.165, 1.54) is 0 Å². The molecule has 20 heavy (non-hydrogen) atoms. The lowest BCUT2D eigenvalue weighted by Crippen LogP contribution is -2.14. The Morgan fingerprint density at radius 3 is 2.70 bits per heavy atom. The normalized spacial score (nSPS) is 10.2. The van der Waals surface area contributed by atoms with Crippen molar-refractivity contribution in [3.8, 4) is 0 Å². The van der Waals surface area contributed by atoms with Crippen molar-refractivity contribution in [2.75, 3.05) is 23.9 Å². The molecule has 2 N–H and O–H groups in total. The van der Waals surface area contributed by atoms with E-state index in [2.05, 4.69) is 10.6 Å². The summed E-state index contributed by atoms with van der Waals surface area (Å²) < 4.78 is 0. The minimum Gasteiger partial charge on any atom is -0.387 e. The molecule has 0 saturated carbocycles. The van der Waals surface area contributed by atoms with Crippen molar-refractivity contribution in [1.82, 2.24) is 0 Å². The van der Waals surface area contributed by atoms with Gasteiger partial charge in [0.05, 0.1) is 5.56 Å². The predicted molar refractivity (Wildman–Crippen MR) is 87.2 cm³/mol. The Bertz CT molecular complexity index is 631. The summed E-state index contributed by atoms with van der Waals surface area (Å²) in [6, 6.07) is 12.9. The Balaban J connectivity index is 2.25. The number of carbonyl (C=O) groups is 1. The van der Waals surface area contributed by atoms with Crippen LogP contribution in [0.25, 0.3) is 0 Å². The molecule has 0 saturated heterocycles. The summed E-state index contributed by atoms with van der Waals surface area (Å²) in [5.74, 6) is -0.185. The van der Waals surface area contributed by atoms with Crippen LogP contribution >= 0.6 is 23.4 Å². The third-order valence-corrected chi connectivity index (χ3v) is 3.78. The molecule has 0 unspecified atom stereocenters. The van der Waals surface area contributed by atoms with Gasteiger partial charge in [0.1, 0.15) is 0 Å². The van der Waals surface area contributed by atoms with Crippen LogP contribution in [0.5, 0.6) is 0 Å². The van der Waals surface area contributed by atoms with Crippen LogP contribution in [0.15, 0.2) is 47.4 Å². The van der Waals surface area contributed by atoms with E-state index in [-0.39, 0.29) is 5.91 Å². The number of amides is 1. The van der Waals surface area contributed by atoms with Gasteiger partial charge in [-0.2, -0.15) is 0 Å². The minimum absolute atomic E-state index is 0.185. The van der Waals surface area contributed by atoms with Crippen molar-refractivity contribution < 1.29 is 4.79 Å². The molecule has 5 heteroatoms. The maximum Gasteiger partial charge on any atom is 0.257 e. The van der Waals surface area contributed by atoms with Crippen molar-refractivity contribution in [2.45, 2.75) is 4.90 Å². The van der Waals surface area contributed by atoms with Crippen LogP contribution in [0.3, 0.4) is 0 Å². The van der Waals surface area contributed by atoms with Gasteiger partial charge in [0.2, 0.25) is 0 Å². The molecule has 0 aliphatic heterocycles. The SMILES string of the molecule is CNc1ccc(Cl)cc1C(=O)Nc1cccc(SC)c1. The van der Waals surface area contributed by atoms with Crippen molar-refractivity contribution in [3.05, 3.63) is 53.1 Å². The fraction of sp³-hybridized carbons (Fsp3) is 0.133. The average molecular weight is 307 g/mol. The van der Waals surface area contributed by atoms with Crippen molar-refractivity contribution >= 4 is 40.6 Å². The van der Waals surface area contributed by atoms with Gasteiger partial charge in [-0.05, 0) is 42.7 Å². The van der Waals surface area contributed by atoms with Gasteiger partial charge in [0.15, 0.2) is 0 Å². The number of thioether (sulfide) groups is 1. The lowest BCUT2D eigenvalue weighted by atomic mass is 10.1. The smallest absolute Gasteiger partial charge is 0.257 e. The summed E-state index contributed by atoms with van der Waals surface area (Å²) in [6.07, 6.45) is 2.00. The Labute approximate surface area is 127 Å². The molecule has 0 heterocycles. The van der Waals surface area contributed by atoms with E-state index >= 15 is 0 Å². The first-order valence-electron chi connectivity index (χ1n) is 6.06. The molecule has 0 fully saturated rings. The monoisotopic (exact) mass is 306 g/mol. The van der Waals surface area contributed by atoms with Gasteiger partial charge in [0.25, 0.3) is 5.91 Å². The molecule has 104 valence electrons. The zero-order valence-corrected chi connectivity index (χ0v) is 12.8. The Kier molecular flexibility index (Phi) is 4.93. The van der Waals surface area contributed by atoms with Crippen LogP contribution in [0.4, 0.5) is 11.4 Å². The number of benzene rings is 2. The van der Waals surface area contributed by atoms with Gasteiger partial charge in [-0.3, -0.25) is 4.79 Å². The third kappa shape index (κ3) is 3.46. The van der Waals surface area contributed by atoms with Gasteiger partial charge < -0.3 is 10.6 Å². The molecule has 0 atom stereocenters. The van der Waals surface area contributed by atoms with Crippen LogP contribution in [-0.2, 0) is 0 Å². The molecule has 0 radical (unpaired) electrons. The van der Waals surface area contributed by atoms with Gasteiger partial charge in [0, 0.05) is 28.3 Å². The van der Waals surface area contributed by atoms with Crippen molar-refractivity contribution in [3.63, 3.8) is 0 Å².